The van der Waals surface area contributed by atoms with Gasteiger partial charge in [0.1, 0.15) is 23.9 Å². The summed E-state index contributed by atoms with van der Waals surface area (Å²) >= 11 is 0. The Balaban J connectivity index is 3.13. The Morgan fingerprint density at radius 1 is 0.738 bits per heavy atom. The number of nitrogens with two attached hydrogens (primary N) is 5. The molecule has 0 fully saturated rings. The first-order valence-corrected chi connectivity index (χ1v) is 13.0. The van der Waals surface area contributed by atoms with Gasteiger partial charge in [-0.3, -0.25) is 29.0 Å². The third-order valence-corrected chi connectivity index (χ3v) is 5.92. The number of carboxylic acid groups (broad SMARTS) is 1. The second-order valence-corrected chi connectivity index (χ2v) is 9.46. The fourth-order valence-corrected chi connectivity index (χ4v) is 3.65. The van der Waals surface area contributed by atoms with E-state index in [0.717, 1.165) is 0 Å². The van der Waals surface area contributed by atoms with Crippen molar-refractivity contribution in [3.05, 3.63) is 29.8 Å². The van der Waals surface area contributed by atoms with Crippen LogP contribution in [0.25, 0.3) is 0 Å². The van der Waals surface area contributed by atoms with E-state index in [4.69, 9.17) is 28.7 Å². The summed E-state index contributed by atoms with van der Waals surface area (Å²) in [5.41, 5.74) is 27.2. The van der Waals surface area contributed by atoms with Crippen molar-refractivity contribution in [3.8, 4) is 5.75 Å². The molecule has 15 N–H and O–H groups in total. The number of carboxylic acids is 1. The predicted octanol–water partition coefficient (Wildman–Crippen LogP) is -3.61. The Bertz CT molecular complexity index is 1140. The van der Waals surface area contributed by atoms with Crippen LogP contribution in [-0.2, 0) is 35.2 Å². The number of carbonyl (C=O) groups is 6. The molecule has 4 unspecified atom stereocenters. The molecule has 5 amide bonds. The Morgan fingerprint density at radius 2 is 1.24 bits per heavy atom. The Morgan fingerprint density at radius 3 is 1.76 bits per heavy atom. The molecule has 0 spiro atoms. The highest BCUT2D eigenvalue weighted by Crippen LogP contribution is 2.12. The fraction of sp³-hybridized carbons (Fsp3) is 0.480. The average molecular weight is 594 g/mol. The molecule has 0 aromatic heterocycles. The molecule has 232 valence electrons. The van der Waals surface area contributed by atoms with Crippen LogP contribution in [0.2, 0.25) is 0 Å². The lowest BCUT2D eigenvalue weighted by atomic mass is 10.0. The SMILES string of the molecule is NC(=O)CCC(NC(=O)C(Cc1ccc(O)cc1)NC(=O)C(CCC(N)=O)NC(=O)C(N)CCCN=C(N)N)C(=O)O. The van der Waals surface area contributed by atoms with E-state index in [1.165, 1.54) is 24.3 Å². The van der Waals surface area contributed by atoms with Crippen molar-refractivity contribution in [1.82, 2.24) is 16.0 Å². The molecule has 1 rings (SSSR count). The molecule has 17 nitrogen and oxygen atoms in total. The van der Waals surface area contributed by atoms with E-state index in [2.05, 4.69) is 20.9 Å². The predicted molar refractivity (Wildman–Crippen MR) is 150 cm³/mol. The van der Waals surface area contributed by atoms with Crippen molar-refractivity contribution in [2.45, 2.75) is 69.1 Å². The van der Waals surface area contributed by atoms with Crippen molar-refractivity contribution in [3.63, 3.8) is 0 Å². The van der Waals surface area contributed by atoms with Gasteiger partial charge in [-0.2, -0.15) is 0 Å². The van der Waals surface area contributed by atoms with Gasteiger partial charge in [0.2, 0.25) is 29.5 Å². The first-order chi connectivity index (χ1) is 19.7. The van der Waals surface area contributed by atoms with E-state index < -0.39 is 59.7 Å². The van der Waals surface area contributed by atoms with Crippen molar-refractivity contribution in [1.29, 1.82) is 0 Å². The number of aliphatic imine (C=N–C) groups is 1. The summed E-state index contributed by atoms with van der Waals surface area (Å²) in [6.07, 6.45) is -0.756. The second kappa shape index (κ2) is 17.7. The van der Waals surface area contributed by atoms with Crippen LogP contribution in [0, 0.1) is 0 Å². The van der Waals surface area contributed by atoms with Gasteiger partial charge in [0.25, 0.3) is 0 Å². The Labute approximate surface area is 241 Å². The number of rotatable bonds is 19. The van der Waals surface area contributed by atoms with Gasteiger partial charge in [0.15, 0.2) is 5.96 Å². The van der Waals surface area contributed by atoms with Gasteiger partial charge in [-0.25, -0.2) is 4.79 Å². The molecule has 1 aromatic rings. The number of primary amides is 2. The number of phenolic OH excluding ortho intramolecular Hbond substituents is 1. The maximum absolute atomic E-state index is 13.3. The van der Waals surface area contributed by atoms with Gasteiger partial charge < -0.3 is 54.8 Å². The fourth-order valence-electron chi connectivity index (χ4n) is 3.65. The van der Waals surface area contributed by atoms with E-state index in [9.17, 15) is 39.0 Å². The minimum atomic E-state index is -1.49. The lowest BCUT2D eigenvalue weighted by Gasteiger charge is -2.25. The van der Waals surface area contributed by atoms with Crippen LogP contribution in [-0.4, -0.2) is 82.4 Å². The number of benzene rings is 1. The monoisotopic (exact) mass is 593 g/mol. The van der Waals surface area contributed by atoms with Crippen LogP contribution >= 0.6 is 0 Å². The zero-order chi connectivity index (χ0) is 31.8. The second-order valence-electron chi connectivity index (χ2n) is 9.46. The normalized spacial score (nSPS) is 13.5. The van der Waals surface area contributed by atoms with E-state index in [1.807, 2.05) is 0 Å². The zero-order valence-corrected chi connectivity index (χ0v) is 23.0. The number of nitrogens with zero attached hydrogens (tertiary/aromatic N) is 1. The summed E-state index contributed by atoms with van der Waals surface area (Å²) in [5, 5.41) is 26.2. The lowest BCUT2D eigenvalue weighted by Crippen LogP contribution is -2.57. The van der Waals surface area contributed by atoms with Crippen molar-refractivity contribution < 1.29 is 39.0 Å². The molecule has 42 heavy (non-hydrogen) atoms. The van der Waals surface area contributed by atoms with E-state index in [-0.39, 0.29) is 56.8 Å². The van der Waals surface area contributed by atoms with Crippen molar-refractivity contribution in [2.24, 2.45) is 33.7 Å². The van der Waals surface area contributed by atoms with Crippen LogP contribution in [0.4, 0.5) is 0 Å². The summed E-state index contributed by atoms with van der Waals surface area (Å²) in [7, 11) is 0. The highest BCUT2D eigenvalue weighted by atomic mass is 16.4. The van der Waals surface area contributed by atoms with E-state index in [1.54, 1.807) is 0 Å². The van der Waals surface area contributed by atoms with Crippen LogP contribution in [0.15, 0.2) is 29.3 Å². The van der Waals surface area contributed by atoms with E-state index in [0.29, 0.717) is 12.0 Å². The van der Waals surface area contributed by atoms with Gasteiger partial charge in [0, 0.05) is 25.8 Å². The standard InChI is InChI=1S/C25H39N9O8/c26-15(2-1-11-31-25(29)30)21(38)32-16(7-9-19(27)36)22(39)34-18(12-13-3-5-14(35)6-4-13)23(40)33-17(24(41)42)8-10-20(28)37/h3-6,15-18,35H,1-2,7-12,26H2,(H2,27,36)(H2,28,37)(H,32,38)(H,33,40)(H,34,39)(H,41,42)(H4,29,30,31). The maximum atomic E-state index is 13.3. The largest absolute Gasteiger partial charge is 0.508 e. The maximum Gasteiger partial charge on any atom is 0.326 e. The minimum absolute atomic E-state index is 0.0509. The molecule has 0 bridgehead atoms. The number of carbonyl (C=O) groups excluding carboxylic acids is 5. The molecule has 1 aromatic carbocycles. The Hall–Kier alpha value is -4.93. The molecule has 0 aliphatic carbocycles. The number of nitrogens with one attached hydrogen (secondary N) is 3. The molecule has 0 radical (unpaired) electrons. The van der Waals surface area contributed by atoms with Gasteiger partial charge in [-0.05, 0) is 43.4 Å². The van der Waals surface area contributed by atoms with Crippen molar-refractivity contribution in [2.75, 3.05) is 6.54 Å². The molecule has 0 saturated carbocycles. The number of aromatic hydroxyl groups is 1. The number of phenols is 1. The first kappa shape index (κ1) is 35.1. The number of amides is 5. The average Bonchev–Trinajstić information content (AvgIpc) is 2.91. The first-order valence-electron chi connectivity index (χ1n) is 13.0. The smallest absolute Gasteiger partial charge is 0.326 e. The highest BCUT2D eigenvalue weighted by molar-refractivity contribution is 5.94. The topological polar surface area (TPSA) is 321 Å². The summed E-state index contributed by atoms with van der Waals surface area (Å²) < 4.78 is 0. The van der Waals surface area contributed by atoms with E-state index >= 15 is 0 Å². The number of hydrogen-bond acceptors (Lipinski definition) is 9. The summed E-state index contributed by atoms with van der Waals surface area (Å²) in [4.78, 5) is 77.1. The summed E-state index contributed by atoms with van der Waals surface area (Å²) in [6.45, 7) is 0.222. The van der Waals surface area contributed by atoms with Crippen molar-refractivity contribution >= 4 is 41.5 Å². The number of guanidine groups is 1. The van der Waals surface area contributed by atoms with Gasteiger partial charge in [0.05, 0.1) is 6.04 Å². The third-order valence-electron chi connectivity index (χ3n) is 5.92. The van der Waals surface area contributed by atoms with Gasteiger partial charge in [-0.15, -0.1) is 0 Å². The van der Waals surface area contributed by atoms with Crippen LogP contribution in [0.5, 0.6) is 5.75 Å². The summed E-state index contributed by atoms with van der Waals surface area (Å²) in [6, 6.07) is 0.404. The molecule has 0 heterocycles. The van der Waals surface area contributed by atoms with Gasteiger partial charge in [-0.1, -0.05) is 12.1 Å². The molecule has 0 saturated heterocycles. The van der Waals surface area contributed by atoms with Crippen LogP contribution in [0.1, 0.15) is 44.1 Å². The molecular weight excluding hydrogens is 554 g/mol. The third kappa shape index (κ3) is 13.9. The molecule has 4 atom stereocenters. The number of aliphatic carboxylic acids is 1. The molecule has 0 aliphatic rings. The summed E-state index contributed by atoms with van der Waals surface area (Å²) in [5.74, 6) is -5.63. The zero-order valence-electron chi connectivity index (χ0n) is 23.0. The quantitative estimate of drug-likeness (QED) is 0.0424. The van der Waals surface area contributed by atoms with Gasteiger partial charge >= 0.3 is 5.97 Å². The lowest BCUT2D eigenvalue weighted by molar-refractivity contribution is -0.142. The van der Waals surface area contributed by atoms with Crippen LogP contribution < -0.4 is 44.6 Å². The minimum Gasteiger partial charge on any atom is -0.508 e. The molecule has 17 heteroatoms. The Kier molecular flexibility index (Phi) is 14.8. The van der Waals surface area contributed by atoms with Crippen LogP contribution in [0.3, 0.4) is 0 Å². The molecular formula is C25H39N9O8. The highest BCUT2D eigenvalue weighted by Gasteiger charge is 2.31. The molecule has 0 aliphatic heterocycles. The number of hydrogen-bond donors (Lipinski definition) is 10.